The summed E-state index contributed by atoms with van der Waals surface area (Å²) in [7, 11) is 0. The molecule has 2 aromatic heterocycles. The van der Waals surface area contributed by atoms with Gasteiger partial charge in [0.25, 0.3) is 0 Å². The summed E-state index contributed by atoms with van der Waals surface area (Å²) in [5.41, 5.74) is 2.81. The maximum absolute atomic E-state index is 12.4. The summed E-state index contributed by atoms with van der Waals surface area (Å²) in [5, 5.41) is 12.2. The van der Waals surface area contributed by atoms with E-state index in [1.165, 1.54) is 11.8 Å². The SMILES string of the molecule is Cc1ccc(C)c(C(=O)CSc2nnnn2Cc2ccco2)c1. The number of benzene rings is 1. The Morgan fingerprint density at radius 3 is 2.96 bits per heavy atom. The molecule has 0 saturated heterocycles. The fourth-order valence-corrected chi connectivity index (χ4v) is 2.95. The largest absolute Gasteiger partial charge is 0.467 e. The summed E-state index contributed by atoms with van der Waals surface area (Å²) in [5.74, 6) is 1.13. The van der Waals surface area contributed by atoms with Gasteiger partial charge in [0.15, 0.2) is 5.78 Å². The quantitative estimate of drug-likeness (QED) is 0.512. The Labute approximate surface area is 137 Å². The number of thioether (sulfide) groups is 1. The number of rotatable bonds is 6. The Morgan fingerprint density at radius 2 is 2.17 bits per heavy atom. The molecule has 3 aromatic rings. The first-order chi connectivity index (χ1) is 11.1. The van der Waals surface area contributed by atoms with Gasteiger partial charge in [-0.2, -0.15) is 0 Å². The number of hydrogen-bond acceptors (Lipinski definition) is 6. The van der Waals surface area contributed by atoms with E-state index >= 15 is 0 Å². The van der Waals surface area contributed by atoms with Crippen LogP contribution in [0.2, 0.25) is 0 Å². The van der Waals surface area contributed by atoms with Crippen LogP contribution in [0.3, 0.4) is 0 Å². The highest BCUT2D eigenvalue weighted by Crippen LogP contribution is 2.19. The fraction of sp³-hybridized carbons (Fsp3) is 0.250. The van der Waals surface area contributed by atoms with Crippen LogP contribution in [0, 0.1) is 13.8 Å². The molecule has 0 aliphatic heterocycles. The summed E-state index contributed by atoms with van der Waals surface area (Å²) >= 11 is 1.33. The molecule has 0 radical (unpaired) electrons. The maximum atomic E-state index is 12.4. The third kappa shape index (κ3) is 3.68. The molecule has 0 fully saturated rings. The number of hydrogen-bond donors (Lipinski definition) is 0. The van der Waals surface area contributed by atoms with Crippen molar-refractivity contribution in [3.05, 3.63) is 59.0 Å². The van der Waals surface area contributed by atoms with Crippen molar-refractivity contribution in [2.45, 2.75) is 25.5 Å². The van der Waals surface area contributed by atoms with Gasteiger partial charge in [0.05, 0.1) is 12.0 Å². The molecule has 0 N–H and O–H groups in total. The first-order valence-electron chi connectivity index (χ1n) is 7.15. The Morgan fingerprint density at radius 1 is 1.30 bits per heavy atom. The van der Waals surface area contributed by atoms with E-state index in [9.17, 15) is 4.79 Å². The number of Topliss-reactive ketones (excluding diaryl/α,β-unsaturated/α-hetero) is 1. The van der Waals surface area contributed by atoms with E-state index in [0.717, 1.165) is 22.5 Å². The van der Waals surface area contributed by atoms with Crippen LogP contribution in [-0.2, 0) is 6.54 Å². The number of aromatic nitrogens is 4. The second-order valence-corrected chi connectivity index (χ2v) is 6.17. The lowest BCUT2D eigenvalue weighted by Gasteiger charge is -2.06. The van der Waals surface area contributed by atoms with Crippen molar-refractivity contribution in [2.24, 2.45) is 0 Å². The van der Waals surface area contributed by atoms with Crippen molar-refractivity contribution in [1.29, 1.82) is 0 Å². The van der Waals surface area contributed by atoms with E-state index in [1.807, 2.05) is 44.2 Å². The first kappa shape index (κ1) is 15.5. The molecule has 7 heteroatoms. The molecule has 23 heavy (non-hydrogen) atoms. The van der Waals surface area contributed by atoms with Crippen LogP contribution in [0.15, 0.2) is 46.2 Å². The van der Waals surface area contributed by atoms with E-state index in [4.69, 9.17) is 4.42 Å². The number of aryl methyl sites for hydroxylation is 2. The van der Waals surface area contributed by atoms with Gasteiger partial charge in [0.1, 0.15) is 12.3 Å². The van der Waals surface area contributed by atoms with Crippen LogP contribution in [-0.4, -0.2) is 31.7 Å². The van der Waals surface area contributed by atoms with Gasteiger partial charge in [-0.05, 0) is 48.0 Å². The van der Waals surface area contributed by atoms with Crippen molar-refractivity contribution in [2.75, 3.05) is 5.75 Å². The lowest BCUT2D eigenvalue weighted by molar-refractivity contribution is 0.102. The van der Waals surface area contributed by atoms with Gasteiger partial charge < -0.3 is 4.42 Å². The minimum Gasteiger partial charge on any atom is -0.467 e. The van der Waals surface area contributed by atoms with Crippen molar-refractivity contribution in [1.82, 2.24) is 20.2 Å². The predicted octanol–water partition coefficient (Wildman–Crippen LogP) is 2.91. The molecule has 3 rings (SSSR count). The second kappa shape index (κ2) is 6.78. The average molecular weight is 328 g/mol. The Kier molecular flexibility index (Phi) is 4.57. The van der Waals surface area contributed by atoms with Crippen molar-refractivity contribution < 1.29 is 9.21 Å². The topological polar surface area (TPSA) is 73.8 Å². The number of furan rings is 1. The predicted molar refractivity (Wildman–Crippen MR) is 86.6 cm³/mol. The molecule has 6 nitrogen and oxygen atoms in total. The summed E-state index contributed by atoms with van der Waals surface area (Å²) in [4.78, 5) is 12.4. The van der Waals surface area contributed by atoms with E-state index in [-0.39, 0.29) is 5.78 Å². The number of carbonyl (C=O) groups excluding carboxylic acids is 1. The summed E-state index contributed by atoms with van der Waals surface area (Å²) in [6.07, 6.45) is 1.61. The highest BCUT2D eigenvalue weighted by molar-refractivity contribution is 7.99. The van der Waals surface area contributed by atoms with E-state index in [2.05, 4.69) is 15.5 Å². The minimum atomic E-state index is 0.0729. The van der Waals surface area contributed by atoms with Crippen LogP contribution in [0.5, 0.6) is 0 Å². The standard InChI is InChI=1S/C16H16N4O2S/c1-11-5-6-12(2)14(8-11)15(21)10-23-16-17-18-19-20(16)9-13-4-3-7-22-13/h3-8H,9-10H2,1-2H3. The van der Waals surface area contributed by atoms with Crippen LogP contribution >= 0.6 is 11.8 Å². The minimum absolute atomic E-state index is 0.0729. The molecule has 0 unspecified atom stereocenters. The monoisotopic (exact) mass is 328 g/mol. The molecular formula is C16H16N4O2S. The number of ketones is 1. The fourth-order valence-electron chi connectivity index (χ4n) is 2.19. The van der Waals surface area contributed by atoms with Crippen molar-refractivity contribution >= 4 is 17.5 Å². The molecule has 0 saturated carbocycles. The third-order valence-electron chi connectivity index (χ3n) is 3.41. The highest BCUT2D eigenvalue weighted by atomic mass is 32.2. The van der Waals surface area contributed by atoms with Gasteiger partial charge in [-0.1, -0.05) is 29.5 Å². The second-order valence-electron chi connectivity index (χ2n) is 5.23. The van der Waals surface area contributed by atoms with E-state index in [1.54, 1.807) is 10.9 Å². The maximum Gasteiger partial charge on any atom is 0.210 e. The molecule has 0 amide bonds. The van der Waals surface area contributed by atoms with E-state index < -0.39 is 0 Å². The molecule has 0 atom stereocenters. The summed E-state index contributed by atoms with van der Waals surface area (Å²) < 4.78 is 6.92. The number of carbonyl (C=O) groups is 1. The van der Waals surface area contributed by atoms with Gasteiger partial charge in [-0.3, -0.25) is 4.79 Å². The molecule has 118 valence electrons. The van der Waals surface area contributed by atoms with Gasteiger partial charge in [-0.15, -0.1) is 5.10 Å². The Hall–Kier alpha value is -2.41. The Bertz CT molecular complexity index is 811. The zero-order chi connectivity index (χ0) is 16.2. The number of tetrazole rings is 1. The molecule has 0 aliphatic carbocycles. The molecule has 0 bridgehead atoms. The van der Waals surface area contributed by atoms with E-state index in [0.29, 0.717) is 17.5 Å². The lowest BCUT2D eigenvalue weighted by atomic mass is 10.0. The smallest absolute Gasteiger partial charge is 0.210 e. The third-order valence-corrected chi connectivity index (χ3v) is 4.37. The van der Waals surface area contributed by atoms with Crippen LogP contribution in [0.4, 0.5) is 0 Å². The van der Waals surface area contributed by atoms with Gasteiger partial charge in [-0.25, -0.2) is 4.68 Å². The first-order valence-corrected chi connectivity index (χ1v) is 8.14. The van der Waals surface area contributed by atoms with Gasteiger partial charge in [0, 0.05) is 5.56 Å². The summed E-state index contributed by atoms with van der Waals surface area (Å²) in [6, 6.07) is 9.56. The molecule has 1 aromatic carbocycles. The molecule has 2 heterocycles. The van der Waals surface area contributed by atoms with Gasteiger partial charge >= 0.3 is 0 Å². The van der Waals surface area contributed by atoms with Crippen LogP contribution in [0.1, 0.15) is 27.2 Å². The van der Waals surface area contributed by atoms with Gasteiger partial charge in [0.2, 0.25) is 5.16 Å². The zero-order valence-corrected chi connectivity index (χ0v) is 13.7. The van der Waals surface area contributed by atoms with Crippen LogP contribution in [0.25, 0.3) is 0 Å². The molecule has 0 spiro atoms. The zero-order valence-electron chi connectivity index (χ0n) is 12.9. The lowest BCUT2D eigenvalue weighted by Crippen LogP contribution is -2.08. The van der Waals surface area contributed by atoms with Crippen LogP contribution < -0.4 is 0 Å². The molecular weight excluding hydrogens is 312 g/mol. The Balaban J connectivity index is 1.68. The highest BCUT2D eigenvalue weighted by Gasteiger charge is 2.14. The molecule has 0 aliphatic rings. The number of nitrogens with zero attached hydrogens (tertiary/aromatic N) is 4. The summed E-state index contributed by atoms with van der Waals surface area (Å²) in [6.45, 7) is 4.37. The van der Waals surface area contributed by atoms with Crippen molar-refractivity contribution in [3.8, 4) is 0 Å². The average Bonchev–Trinajstić information content (AvgIpc) is 3.20. The van der Waals surface area contributed by atoms with Crippen molar-refractivity contribution in [3.63, 3.8) is 0 Å². The normalized spacial score (nSPS) is 10.9.